The highest BCUT2D eigenvalue weighted by Crippen LogP contribution is 2.30. The molecule has 2 aliphatic rings. The highest BCUT2D eigenvalue weighted by atomic mass is 15.2. The monoisotopic (exact) mass is 196 g/mol. The average molecular weight is 196 g/mol. The molecule has 0 spiro atoms. The van der Waals surface area contributed by atoms with E-state index in [0.29, 0.717) is 0 Å². The van der Waals surface area contributed by atoms with E-state index in [9.17, 15) is 0 Å². The first-order valence-electron chi connectivity index (χ1n) is 6.19. The smallest absolute Gasteiger partial charge is 0.0105 e. The molecule has 1 aliphatic carbocycles. The van der Waals surface area contributed by atoms with Crippen molar-refractivity contribution in [3.8, 4) is 0 Å². The van der Waals surface area contributed by atoms with E-state index in [1.807, 2.05) is 0 Å². The summed E-state index contributed by atoms with van der Waals surface area (Å²) in [5.41, 5.74) is 0. The number of nitrogens with zero attached hydrogens (tertiary/aromatic N) is 1. The van der Waals surface area contributed by atoms with E-state index < -0.39 is 0 Å². The number of hydrogen-bond acceptors (Lipinski definition) is 2. The van der Waals surface area contributed by atoms with Crippen LogP contribution in [0.4, 0.5) is 0 Å². The van der Waals surface area contributed by atoms with E-state index >= 15 is 0 Å². The third-order valence-corrected chi connectivity index (χ3v) is 4.06. The maximum atomic E-state index is 3.50. The number of hydrogen-bond donors (Lipinski definition) is 1. The standard InChI is InChI=1S/C12H24N2/c1-10-4-5-12(13-2)11(8-10)9-14-6-3-7-14/h10-13H,3-9H2,1-2H3. The van der Waals surface area contributed by atoms with Crippen LogP contribution in [0.15, 0.2) is 0 Å². The molecule has 0 aromatic heterocycles. The fraction of sp³-hybridized carbons (Fsp3) is 1.00. The molecule has 14 heavy (non-hydrogen) atoms. The Bertz CT molecular complexity index is 177. The fourth-order valence-electron chi connectivity index (χ4n) is 2.98. The normalized spacial score (nSPS) is 39.4. The van der Waals surface area contributed by atoms with Crippen molar-refractivity contribution >= 4 is 0 Å². The molecule has 0 amide bonds. The minimum atomic E-state index is 0.784. The van der Waals surface area contributed by atoms with Gasteiger partial charge in [-0.3, -0.25) is 0 Å². The van der Waals surface area contributed by atoms with Crippen LogP contribution in [-0.2, 0) is 0 Å². The summed E-state index contributed by atoms with van der Waals surface area (Å²) in [6.07, 6.45) is 5.66. The van der Waals surface area contributed by atoms with Gasteiger partial charge in [-0.2, -0.15) is 0 Å². The van der Waals surface area contributed by atoms with E-state index in [2.05, 4.69) is 24.2 Å². The maximum absolute atomic E-state index is 3.50. The molecule has 1 heterocycles. The van der Waals surface area contributed by atoms with Gasteiger partial charge in [0.05, 0.1) is 0 Å². The molecular weight excluding hydrogens is 172 g/mol. The van der Waals surface area contributed by atoms with Crippen LogP contribution >= 0.6 is 0 Å². The van der Waals surface area contributed by atoms with Gasteiger partial charge in [0.15, 0.2) is 0 Å². The van der Waals surface area contributed by atoms with Crippen molar-refractivity contribution < 1.29 is 0 Å². The number of nitrogens with one attached hydrogen (secondary N) is 1. The van der Waals surface area contributed by atoms with E-state index in [4.69, 9.17) is 0 Å². The molecule has 2 heteroatoms. The number of likely N-dealkylation sites (tertiary alicyclic amines) is 1. The van der Waals surface area contributed by atoms with Gasteiger partial charge < -0.3 is 10.2 Å². The summed E-state index contributed by atoms with van der Waals surface area (Å²) in [7, 11) is 2.13. The lowest BCUT2D eigenvalue weighted by Crippen LogP contribution is -2.48. The van der Waals surface area contributed by atoms with E-state index in [1.165, 1.54) is 45.3 Å². The van der Waals surface area contributed by atoms with Gasteiger partial charge in [0.25, 0.3) is 0 Å². The van der Waals surface area contributed by atoms with Gasteiger partial charge in [-0.05, 0) is 57.7 Å². The SMILES string of the molecule is CNC1CCC(C)CC1CN1CCC1. The minimum Gasteiger partial charge on any atom is -0.317 e. The summed E-state index contributed by atoms with van der Waals surface area (Å²) in [6.45, 7) is 6.45. The Morgan fingerprint density at radius 1 is 1.29 bits per heavy atom. The zero-order chi connectivity index (χ0) is 9.97. The molecular formula is C12H24N2. The molecule has 0 aromatic rings. The Hall–Kier alpha value is -0.0800. The lowest BCUT2D eigenvalue weighted by molar-refractivity contribution is 0.106. The largest absolute Gasteiger partial charge is 0.317 e. The Balaban J connectivity index is 1.84. The second-order valence-corrected chi connectivity index (χ2v) is 5.23. The molecule has 1 N–H and O–H groups in total. The lowest BCUT2D eigenvalue weighted by atomic mass is 9.78. The third-order valence-electron chi connectivity index (χ3n) is 4.06. The molecule has 1 aliphatic heterocycles. The van der Waals surface area contributed by atoms with Gasteiger partial charge in [0.1, 0.15) is 0 Å². The van der Waals surface area contributed by atoms with Crippen LogP contribution in [0.3, 0.4) is 0 Å². The van der Waals surface area contributed by atoms with Crippen molar-refractivity contribution in [3.63, 3.8) is 0 Å². The summed E-state index contributed by atoms with van der Waals surface area (Å²) < 4.78 is 0. The first-order valence-corrected chi connectivity index (χ1v) is 6.19. The van der Waals surface area contributed by atoms with Crippen LogP contribution in [0.2, 0.25) is 0 Å². The molecule has 0 bridgehead atoms. The summed E-state index contributed by atoms with van der Waals surface area (Å²) in [5.74, 6) is 1.86. The van der Waals surface area contributed by atoms with Crippen LogP contribution in [0.1, 0.15) is 32.6 Å². The van der Waals surface area contributed by atoms with Crippen molar-refractivity contribution in [2.24, 2.45) is 11.8 Å². The molecule has 2 fully saturated rings. The zero-order valence-corrected chi connectivity index (χ0v) is 9.63. The molecule has 82 valence electrons. The molecule has 2 nitrogen and oxygen atoms in total. The molecule has 2 rings (SSSR count). The quantitative estimate of drug-likeness (QED) is 0.739. The summed E-state index contributed by atoms with van der Waals surface area (Å²) in [6, 6.07) is 0.784. The third kappa shape index (κ3) is 2.29. The first kappa shape index (κ1) is 10.4. The molecule has 0 radical (unpaired) electrons. The molecule has 3 atom stereocenters. The van der Waals surface area contributed by atoms with Gasteiger partial charge in [0, 0.05) is 12.6 Å². The van der Waals surface area contributed by atoms with Crippen molar-refractivity contribution in [2.75, 3.05) is 26.7 Å². The second kappa shape index (κ2) is 4.63. The predicted molar refractivity (Wildman–Crippen MR) is 60.4 cm³/mol. The summed E-state index contributed by atoms with van der Waals surface area (Å²) in [4.78, 5) is 2.62. The summed E-state index contributed by atoms with van der Waals surface area (Å²) in [5, 5.41) is 3.50. The van der Waals surface area contributed by atoms with Crippen molar-refractivity contribution in [2.45, 2.75) is 38.6 Å². The average Bonchev–Trinajstić information content (AvgIpc) is 2.12. The molecule has 1 saturated carbocycles. The Morgan fingerprint density at radius 3 is 2.64 bits per heavy atom. The van der Waals surface area contributed by atoms with E-state index in [-0.39, 0.29) is 0 Å². The summed E-state index contributed by atoms with van der Waals surface area (Å²) >= 11 is 0. The van der Waals surface area contributed by atoms with Crippen molar-refractivity contribution in [1.82, 2.24) is 10.2 Å². The van der Waals surface area contributed by atoms with Crippen LogP contribution in [0.25, 0.3) is 0 Å². The Morgan fingerprint density at radius 2 is 2.07 bits per heavy atom. The van der Waals surface area contributed by atoms with Gasteiger partial charge >= 0.3 is 0 Å². The van der Waals surface area contributed by atoms with Crippen LogP contribution in [0, 0.1) is 11.8 Å². The Labute approximate surface area is 88.1 Å². The highest BCUT2D eigenvalue weighted by Gasteiger charge is 2.30. The van der Waals surface area contributed by atoms with Gasteiger partial charge in [-0.25, -0.2) is 0 Å². The highest BCUT2D eigenvalue weighted by molar-refractivity contribution is 4.86. The maximum Gasteiger partial charge on any atom is 0.0105 e. The fourth-order valence-corrected chi connectivity index (χ4v) is 2.98. The minimum absolute atomic E-state index is 0.784. The van der Waals surface area contributed by atoms with Crippen LogP contribution in [0.5, 0.6) is 0 Å². The Kier molecular flexibility index (Phi) is 3.45. The van der Waals surface area contributed by atoms with Crippen LogP contribution < -0.4 is 5.32 Å². The van der Waals surface area contributed by atoms with Gasteiger partial charge in [0.2, 0.25) is 0 Å². The van der Waals surface area contributed by atoms with Crippen LogP contribution in [-0.4, -0.2) is 37.6 Å². The van der Waals surface area contributed by atoms with E-state index in [0.717, 1.165) is 17.9 Å². The zero-order valence-electron chi connectivity index (χ0n) is 9.63. The lowest BCUT2D eigenvalue weighted by Gasteiger charge is -2.40. The van der Waals surface area contributed by atoms with Crippen molar-refractivity contribution in [1.29, 1.82) is 0 Å². The molecule has 0 aromatic carbocycles. The second-order valence-electron chi connectivity index (χ2n) is 5.23. The van der Waals surface area contributed by atoms with Gasteiger partial charge in [-0.1, -0.05) is 6.92 Å². The molecule has 1 saturated heterocycles. The first-order chi connectivity index (χ1) is 6.79. The molecule has 3 unspecified atom stereocenters. The number of rotatable bonds is 3. The van der Waals surface area contributed by atoms with E-state index in [1.54, 1.807) is 0 Å². The predicted octanol–water partition coefficient (Wildman–Crippen LogP) is 1.72. The topological polar surface area (TPSA) is 15.3 Å². The van der Waals surface area contributed by atoms with Crippen molar-refractivity contribution in [3.05, 3.63) is 0 Å². The van der Waals surface area contributed by atoms with Gasteiger partial charge in [-0.15, -0.1) is 0 Å².